The van der Waals surface area contributed by atoms with Crippen LogP contribution >= 0.6 is 15.9 Å². The van der Waals surface area contributed by atoms with Crippen molar-refractivity contribution in [1.29, 1.82) is 0 Å². The molecule has 0 aliphatic rings. The van der Waals surface area contributed by atoms with E-state index < -0.39 is 0 Å². The van der Waals surface area contributed by atoms with Crippen molar-refractivity contribution >= 4 is 32.8 Å². The largest absolute Gasteiger partial charge is 0.494 e. The number of para-hydroxylation sites is 1. The number of pyridine rings is 1. The molecule has 0 aliphatic heterocycles. The summed E-state index contributed by atoms with van der Waals surface area (Å²) in [4.78, 5) is 16.0. The van der Waals surface area contributed by atoms with Crippen LogP contribution < -0.4 is 4.74 Å². The molecule has 5 heteroatoms. The first-order chi connectivity index (χ1) is 8.69. The lowest BCUT2D eigenvalue weighted by atomic mass is 10.1. The number of hydrogen-bond donors (Lipinski definition) is 0. The molecule has 2 rings (SSSR count). The van der Waals surface area contributed by atoms with Gasteiger partial charge in [-0.2, -0.15) is 0 Å². The molecule has 2 aromatic rings. The summed E-state index contributed by atoms with van der Waals surface area (Å²) in [5.74, 6) is 0.283. The fourth-order valence-corrected chi connectivity index (χ4v) is 2.26. The lowest BCUT2D eigenvalue weighted by Gasteiger charge is -2.09. The van der Waals surface area contributed by atoms with E-state index in [2.05, 4.69) is 20.9 Å². The molecular weight excluding hydrogens is 298 g/mol. The summed E-state index contributed by atoms with van der Waals surface area (Å²) in [5, 5.41) is 0.819. The SMILES string of the molecule is CCOC(=O)c1cnc2c(OC)cccc2c1Br. The fraction of sp³-hybridized carbons (Fsp3) is 0.231. The molecule has 0 spiro atoms. The number of halogens is 1. The second-order valence-corrected chi connectivity index (χ2v) is 4.36. The number of fused-ring (bicyclic) bond motifs is 1. The van der Waals surface area contributed by atoms with E-state index in [-0.39, 0.29) is 5.97 Å². The number of esters is 1. The van der Waals surface area contributed by atoms with Crippen LogP contribution in [0.2, 0.25) is 0 Å². The molecule has 94 valence electrons. The predicted molar refractivity (Wildman–Crippen MR) is 72.0 cm³/mol. The Morgan fingerprint density at radius 3 is 2.89 bits per heavy atom. The summed E-state index contributed by atoms with van der Waals surface area (Å²) >= 11 is 3.42. The van der Waals surface area contributed by atoms with Crippen LogP contribution in [0.15, 0.2) is 28.9 Å². The number of carbonyl (C=O) groups is 1. The first-order valence-corrected chi connectivity index (χ1v) is 6.26. The summed E-state index contributed by atoms with van der Waals surface area (Å²) in [5.41, 5.74) is 1.12. The van der Waals surface area contributed by atoms with Crippen LogP contribution in [0.1, 0.15) is 17.3 Å². The van der Waals surface area contributed by atoms with Crippen molar-refractivity contribution in [2.45, 2.75) is 6.92 Å². The topological polar surface area (TPSA) is 48.4 Å². The van der Waals surface area contributed by atoms with E-state index >= 15 is 0 Å². The van der Waals surface area contributed by atoms with Crippen LogP contribution in [0.3, 0.4) is 0 Å². The molecule has 0 aliphatic carbocycles. The zero-order chi connectivity index (χ0) is 13.1. The zero-order valence-electron chi connectivity index (χ0n) is 10.1. The van der Waals surface area contributed by atoms with Crippen molar-refractivity contribution < 1.29 is 14.3 Å². The monoisotopic (exact) mass is 309 g/mol. The van der Waals surface area contributed by atoms with Crippen molar-refractivity contribution in [2.24, 2.45) is 0 Å². The maximum atomic E-state index is 11.7. The van der Waals surface area contributed by atoms with Gasteiger partial charge in [0, 0.05) is 16.1 Å². The number of nitrogens with zero attached hydrogens (tertiary/aromatic N) is 1. The van der Waals surface area contributed by atoms with Gasteiger partial charge in [-0.3, -0.25) is 4.98 Å². The highest BCUT2D eigenvalue weighted by molar-refractivity contribution is 9.10. The van der Waals surface area contributed by atoms with Crippen molar-refractivity contribution in [2.75, 3.05) is 13.7 Å². The van der Waals surface area contributed by atoms with E-state index in [9.17, 15) is 4.79 Å². The molecule has 1 heterocycles. The summed E-state index contributed by atoms with van der Waals surface area (Å²) < 4.78 is 10.9. The summed E-state index contributed by atoms with van der Waals surface area (Å²) in [7, 11) is 1.59. The molecule has 1 aromatic carbocycles. The van der Waals surface area contributed by atoms with E-state index in [0.717, 1.165) is 5.39 Å². The molecule has 0 saturated carbocycles. The van der Waals surface area contributed by atoms with Gasteiger partial charge in [0.25, 0.3) is 0 Å². The van der Waals surface area contributed by atoms with E-state index in [0.29, 0.717) is 27.9 Å². The minimum Gasteiger partial charge on any atom is -0.494 e. The van der Waals surface area contributed by atoms with Gasteiger partial charge in [0.15, 0.2) is 0 Å². The number of methoxy groups -OCH3 is 1. The third kappa shape index (κ3) is 2.18. The van der Waals surface area contributed by atoms with Crippen LogP contribution in [-0.4, -0.2) is 24.7 Å². The first kappa shape index (κ1) is 12.8. The Bertz CT molecular complexity index is 598. The van der Waals surface area contributed by atoms with Gasteiger partial charge in [0.2, 0.25) is 0 Å². The highest BCUT2D eigenvalue weighted by atomic mass is 79.9. The first-order valence-electron chi connectivity index (χ1n) is 5.47. The molecule has 0 radical (unpaired) electrons. The highest BCUT2D eigenvalue weighted by Crippen LogP contribution is 2.31. The molecule has 0 atom stereocenters. The van der Waals surface area contributed by atoms with Gasteiger partial charge in [0.1, 0.15) is 11.3 Å². The molecule has 1 aromatic heterocycles. The Kier molecular flexibility index (Phi) is 3.81. The molecule has 0 N–H and O–H groups in total. The number of aromatic nitrogens is 1. The lowest BCUT2D eigenvalue weighted by molar-refractivity contribution is 0.0525. The average molecular weight is 310 g/mol. The third-order valence-corrected chi connectivity index (χ3v) is 3.36. The Balaban J connectivity index is 2.61. The minimum atomic E-state index is -0.387. The quantitative estimate of drug-likeness (QED) is 0.817. The van der Waals surface area contributed by atoms with Crippen LogP contribution in [-0.2, 0) is 4.74 Å². The third-order valence-electron chi connectivity index (χ3n) is 2.51. The lowest BCUT2D eigenvalue weighted by Crippen LogP contribution is -2.06. The molecule has 0 bridgehead atoms. The Morgan fingerprint density at radius 1 is 1.44 bits per heavy atom. The molecule has 4 nitrogen and oxygen atoms in total. The normalized spacial score (nSPS) is 10.4. The van der Waals surface area contributed by atoms with Gasteiger partial charge in [-0.15, -0.1) is 0 Å². The molecule has 0 unspecified atom stereocenters. The van der Waals surface area contributed by atoms with Gasteiger partial charge in [-0.1, -0.05) is 12.1 Å². The summed E-state index contributed by atoms with van der Waals surface area (Å²) in [6.45, 7) is 2.10. The number of hydrogen-bond acceptors (Lipinski definition) is 4. The Morgan fingerprint density at radius 2 is 2.22 bits per heavy atom. The average Bonchev–Trinajstić information content (AvgIpc) is 2.39. The molecule has 0 fully saturated rings. The van der Waals surface area contributed by atoms with Crippen LogP contribution in [0.4, 0.5) is 0 Å². The van der Waals surface area contributed by atoms with Crippen LogP contribution in [0.25, 0.3) is 10.9 Å². The highest BCUT2D eigenvalue weighted by Gasteiger charge is 2.15. The second-order valence-electron chi connectivity index (χ2n) is 3.56. The van der Waals surface area contributed by atoms with E-state index in [1.807, 2.05) is 18.2 Å². The molecular formula is C13H12BrNO3. The van der Waals surface area contributed by atoms with Crippen molar-refractivity contribution in [3.8, 4) is 5.75 Å². The van der Waals surface area contributed by atoms with Gasteiger partial charge in [0.05, 0.1) is 19.3 Å². The Hall–Kier alpha value is -1.62. The number of ether oxygens (including phenoxy) is 2. The van der Waals surface area contributed by atoms with Crippen LogP contribution in [0.5, 0.6) is 5.75 Å². The van der Waals surface area contributed by atoms with Gasteiger partial charge >= 0.3 is 5.97 Å². The predicted octanol–water partition coefficient (Wildman–Crippen LogP) is 3.18. The van der Waals surface area contributed by atoms with Gasteiger partial charge in [-0.25, -0.2) is 4.79 Å². The summed E-state index contributed by atoms with van der Waals surface area (Å²) in [6, 6.07) is 5.55. The van der Waals surface area contributed by atoms with Crippen molar-refractivity contribution in [1.82, 2.24) is 4.98 Å². The Labute approximate surface area is 113 Å². The summed E-state index contributed by atoms with van der Waals surface area (Å²) in [6.07, 6.45) is 1.49. The molecule has 0 amide bonds. The standard InChI is InChI=1S/C13H12BrNO3/c1-3-18-13(16)9-7-15-12-8(11(9)14)5-4-6-10(12)17-2/h4-7H,3H2,1-2H3. The van der Waals surface area contributed by atoms with Gasteiger partial charge in [-0.05, 0) is 28.9 Å². The van der Waals surface area contributed by atoms with Gasteiger partial charge < -0.3 is 9.47 Å². The van der Waals surface area contributed by atoms with Crippen molar-refractivity contribution in [3.05, 3.63) is 34.4 Å². The van der Waals surface area contributed by atoms with Crippen LogP contribution in [0, 0.1) is 0 Å². The smallest absolute Gasteiger partial charge is 0.340 e. The molecule has 0 saturated heterocycles. The minimum absolute atomic E-state index is 0.335. The number of benzene rings is 1. The maximum Gasteiger partial charge on any atom is 0.340 e. The van der Waals surface area contributed by atoms with E-state index in [1.54, 1.807) is 14.0 Å². The number of rotatable bonds is 3. The van der Waals surface area contributed by atoms with E-state index in [1.165, 1.54) is 6.20 Å². The number of carbonyl (C=O) groups excluding carboxylic acids is 1. The fourth-order valence-electron chi connectivity index (χ4n) is 1.68. The maximum absolute atomic E-state index is 11.7. The second kappa shape index (κ2) is 5.35. The molecule has 18 heavy (non-hydrogen) atoms. The van der Waals surface area contributed by atoms with E-state index in [4.69, 9.17) is 9.47 Å². The van der Waals surface area contributed by atoms with Crippen molar-refractivity contribution in [3.63, 3.8) is 0 Å². The zero-order valence-corrected chi connectivity index (χ0v) is 11.7.